The molecule has 0 amide bonds. The number of nitro groups is 1. The molecule has 0 bridgehead atoms. The molecule has 3 heterocycles. The average Bonchev–Trinajstić information content (AvgIpc) is 2.84. The van der Waals surface area contributed by atoms with Gasteiger partial charge in [-0.05, 0) is 32.9 Å². The van der Waals surface area contributed by atoms with Gasteiger partial charge in [0.05, 0.1) is 23.2 Å². The first-order valence-electron chi connectivity index (χ1n) is 7.20. The second kappa shape index (κ2) is 5.57. The van der Waals surface area contributed by atoms with Crippen LogP contribution in [0.5, 0.6) is 5.88 Å². The van der Waals surface area contributed by atoms with E-state index in [9.17, 15) is 10.1 Å². The average molecular weight is 293 g/mol. The molecule has 2 aliphatic rings. The molecule has 2 fully saturated rings. The van der Waals surface area contributed by atoms with Gasteiger partial charge in [0.25, 0.3) is 5.69 Å². The summed E-state index contributed by atoms with van der Waals surface area (Å²) in [6.07, 6.45) is 4.17. The Morgan fingerprint density at radius 1 is 1.52 bits per heavy atom. The van der Waals surface area contributed by atoms with Gasteiger partial charge in [-0.15, -0.1) is 0 Å². The van der Waals surface area contributed by atoms with E-state index in [2.05, 4.69) is 10.3 Å². The Bertz CT molecular complexity index is 543. The van der Waals surface area contributed by atoms with E-state index in [-0.39, 0.29) is 17.4 Å². The van der Waals surface area contributed by atoms with Crippen molar-refractivity contribution in [2.75, 3.05) is 19.7 Å². The third kappa shape index (κ3) is 2.98. The quantitative estimate of drug-likeness (QED) is 0.672. The van der Waals surface area contributed by atoms with Crippen LogP contribution in [0.2, 0.25) is 0 Å². The third-order valence-corrected chi connectivity index (χ3v) is 4.22. The third-order valence-electron chi connectivity index (χ3n) is 4.22. The Morgan fingerprint density at radius 2 is 2.29 bits per heavy atom. The van der Waals surface area contributed by atoms with E-state index in [1.165, 1.54) is 12.3 Å². The maximum absolute atomic E-state index is 10.9. The zero-order valence-electron chi connectivity index (χ0n) is 12.0. The summed E-state index contributed by atoms with van der Waals surface area (Å²) in [5.41, 5.74) is 0.479. The summed E-state index contributed by atoms with van der Waals surface area (Å²) >= 11 is 0. The lowest BCUT2D eigenvalue weighted by atomic mass is 9.89. The van der Waals surface area contributed by atoms with Crippen molar-refractivity contribution in [2.45, 2.75) is 37.9 Å². The molecule has 21 heavy (non-hydrogen) atoms. The van der Waals surface area contributed by atoms with Crippen LogP contribution in [-0.4, -0.2) is 41.3 Å². The van der Waals surface area contributed by atoms with Crippen LogP contribution in [-0.2, 0) is 4.74 Å². The first kappa shape index (κ1) is 14.2. The van der Waals surface area contributed by atoms with Crippen molar-refractivity contribution in [3.8, 4) is 5.88 Å². The van der Waals surface area contributed by atoms with E-state index in [4.69, 9.17) is 9.47 Å². The maximum Gasteiger partial charge on any atom is 0.279 e. The number of hydrogen-bond acceptors (Lipinski definition) is 6. The van der Waals surface area contributed by atoms with Crippen molar-refractivity contribution in [1.82, 2.24) is 10.3 Å². The molecule has 1 unspecified atom stereocenters. The molecule has 1 spiro atoms. The topological polar surface area (TPSA) is 86.5 Å². The van der Waals surface area contributed by atoms with Gasteiger partial charge in [-0.1, -0.05) is 0 Å². The summed E-state index contributed by atoms with van der Waals surface area (Å²) in [5, 5.41) is 14.3. The number of pyridine rings is 1. The molecule has 0 saturated carbocycles. The van der Waals surface area contributed by atoms with Crippen molar-refractivity contribution in [1.29, 1.82) is 0 Å². The highest BCUT2D eigenvalue weighted by Crippen LogP contribution is 2.35. The van der Waals surface area contributed by atoms with Gasteiger partial charge >= 0.3 is 0 Å². The second-order valence-electron chi connectivity index (χ2n) is 5.75. The predicted molar refractivity (Wildman–Crippen MR) is 75.4 cm³/mol. The van der Waals surface area contributed by atoms with Crippen LogP contribution >= 0.6 is 0 Å². The number of hydrogen-bond donors (Lipinski definition) is 1. The summed E-state index contributed by atoms with van der Waals surface area (Å²) in [7, 11) is 0. The number of aromatic nitrogens is 1. The lowest BCUT2D eigenvalue weighted by Crippen LogP contribution is -2.41. The molecule has 1 aromatic rings. The number of aryl methyl sites for hydroxylation is 1. The van der Waals surface area contributed by atoms with E-state index >= 15 is 0 Å². The van der Waals surface area contributed by atoms with Crippen molar-refractivity contribution in [3.05, 3.63) is 27.9 Å². The SMILES string of the molecule is Cc1cnc(OC2COC3(CCNCC3)C2)cc1[N+](=O)[O-]. The summed E-state index contributed by atoms with van der Waals surface area (Å²) in [4.78, 5) is 14.7. The first-order valence-corrected chi connectivity index (χ1v) is 7.20. The zero-order chi connectivity index (χ0) is 14.9. The van der Waals surface area contributed by atoms with Gasteiger partial charge in [0.15, 0.2) is 0 Å². The lowest BCUT2D eigenvalue weighted by molar-refractivity contribution is -0.385. The molecular formula is C14H19N3O4. The second-order valence-corrected chi connectivity index (χ2v) is 5.75. The van der Waals surface area contributed by atoms with Gasteiger partial charge in [-0.25, -0.2) is 4.98 Å². The van der Waals surface area contributed by atoms with Crippen molar-refractivity contribution in [2.24, 2.45) is 0 Å². The smallest absolute Gasteiger partial charge is 0.279 e. The standard InChI is InChI=1S/C14H19N3O4/c1-10-8-16-13(6-12(10)17(18)19)21-11-7-14(20-9-11)2-4-15-5-3-14/h6,8,11,15H,2-5,7,9H2,1H3. The van der Waals surface area contributed by atoms with E-state index < -0.39 is 4.92 Å². The molecule has 114 valence electrons. The fraction of sp³-hybridized carbons (Fsp3) is 0.643. The van der Waals surface area contributed by atoms with Crippen LogP contribution in [0.3, 0.4) is 0 Å². The molecule has 0 radical (unpaired) electrons. The fourth-order valence-electron chi connectivity index (χ4n) is 3.04. The normalized spacial score (nSPS) is 24.1. The molecule has 1 N–H and O–H groups in total. The highest BCUT2D eigenvalue weighted by molar-refractivity contribution is 5.40. The Kier molecular flexibility index (Phi) is 3.77. The minimum absolute atomic E-state index is 0.0375. The van der Waals surface area contributed by atoms with Crippen LogP contribution in [0.15, 0.2) is 12.3 Å². The van der Waals surface area contributed by atoms with Gasteiger partial charge in [-0.2, -0.15) is 0 Å². The molecule has 1 aromatic heterocycles. The van der Waals surface area contributed by atoms with Crippen LogP contribution in [0, 0.1) is 17.0 Å². The molecule has 1 atom stereocenters. The predicted octanol–water partition coefficient (Wildman–Crippen LogP) is 1.59. The van der Waals surface area contributed by atoms with Crippen LogP contribution in [0.4, 0.5) is 5.69 Å². The molecule has 0 aromatic carbocycles. The molecule has 3 rings (SSSR count). The van der Waals surface area contributed by atoms with Crippen molar-refractivity contribution in [3.63, 3.8) is 0 Å². The summed E-state index contributed by atoms with van der Waals surface area (Å²) in [5.74, 6) is 0.298. The number of nitrogens with one attached hydrogen (secondary N) is 1. The van der Waals surface area contributed by atoms with Gasteiger partial charge in [0.1, 0.15) is 6.10 Å². The summed E-state index contributed by atoms with van der Waals surface area (Å²) in [6, 6.07) is 1.39. The molecule has 7 nitrogen and oxygen atoms in total. The number of rotatable bonds is 3. The van der Waals surface area contributed by atoms with Gasteiger partial charge in [0, 0.05) is 18.2 Å². The lowest BCUT2D eigenvalue weighted by Gasteiger charge is -2.32. The summed E-state index contributed by atoms with van der Waals surface area (Å²) in [6.45, 7) is 4.10. The number of ether oxygens (including phenoxy) is 2. The van der Waals surface area contributed by atoms with E-state index in [1.807, 2.05) is 0 Å². The first-order chi connectivity index (χ1) is 10.1. The Morgan fingerprint density at radius 3 is 3.00 bits per heavy atom. The van der Waals surface area contributed by atoms with Gasteiger partial charge in [0.2, 0.25) is 5.88 Å². The minimum Gasteiger partial charge on any atom is -0.472 e. The molecule has 2 aliphatic heterocycles. The monoisotopic (exact) mass is 293 g/mol. The van der Waals surface area contributed by atoms with Crippen LogP contribution in [0.1, 0.15) is 24.8 Å². The number of piperidine rings is 1. The van der Waals surface area contributed by atoms with Gasteiger partial charge in [-0.3, -0.25) is 10.1 Å². The van der Waals surface area contributed by atoms with E-state index in [0.717, 1.165) is 32.4 Å². The maximum atomic E-state index is 10.9. The highest BCUT2D eigenvalue weighted by atomic mass is 16.6. The van der Waals surface area contributed by atoms with Crippen LogP contribution < -0.4 is 10.1 Å². The Hall–Kier alpha value is -1.73. The van der Waals surface area contributed by atoms with Crippen molar-refractivity contribution < 1.29 is 14.4 Å². The molecule has 2 saturated heterocycles. The fourth-order valence-corrected chi connectivity index (χ4v) is 3.04. The summed E-state index contributed by atoms with van der Waals surface area (Å²) < 4.78 is 11.7. The van der Waals surface area contributed by atoms with Crippen molar-refractivity contribution >= 4 is 5.69 Å². The Balaban J connectivity index is 1.67. The van der Waals surface area contributed by atoms with Crippen LogP contribution in [0.25, 0.3) is 0 Å². The highest BCUT2D eigenvalue weighted by Gasteiger charge is 2.42. The Labute approximate surface area is 122 Å². The minimum atomic E-state index is -0.413. The largest absolute Gasteiger partial charge is 0.472 e. The van der Waals surface area contributed by atoms with E-state index in [0.29, 0.717) is 18.1 Å². The molecule has 0 aliphatic carbocycles. The van der Waals surface area contributed by atoms with Gasteiger partial charge < -0.3 is 14.8 Å². The zero-order valence-corrected chi connectivity index (χ0v) is 12.0. The number of nitrogens with zero attached hydrogens (tertiary/aromatic N) is 2. The molecular weight excluding hydrogens is 274 g/mol. The van der Waals surface area contributed by atoms with E-state index in [1.54, 1.807) is 6.92 Å². The molecule has 7 heteroatoms.